The first kappa shape index (κ1) is 15.3. The molecule has 1 amide bonds. The number of halogens is 2. The molecule has 0 unspecified atom stereocenters. The molecule has 7 nitrogen and oxygen atoms in total. The van der Waals surface area contributed by atoms with Crippen molar-refractivity contribution in [3.05, 3.63) is 50.1 Å². The molecule has 1 aromatic heterocycles. The van der Waals surface area contributed by atoms with Crippen LogP contribution < -0.4 is 5.32 Å². The summed E-state index contributed by atoms with van der Waals surface area (Å²) < 4.78 is 1.25. The normalized spacial score (nSPS) is 10.4. The first-order valence-corrected chi connectivity index (χ1v) is 6.56. The highest BCUT2D eigenvalue weighted by molar-refractivity contribution is 6.42. The van der Waals surface area contributed by atoms with Gasteiger partial charge in [-0.1, -0.05) is 23.2 Å². The third-order valence-corrected chi connectivity index (χ3v) is 3.39. The highest BCUT2D eigenvalue weighted by Gasteiger charge is 2.17. The molecule has 0 spiro atoms. The van der Waals surface area contributed by atoms with E-state index in [1.54, 1.807) is 19.1 Å². The number of hydrogen-bond donors (Lipinski definition) is 1. The number of amides is 1. The van der Waals surface area contributed by atoms with E-state index >= 15 is 0 Å². The van der Waals surface area contributed by atoms with E-state index in [-0.39, 0.29) is 18.3 Å². The van der Waals surface area contributed by atoms with E-state index in [0.29, 0.717) is 21.4 Å². The van der Waals surface area contributed by atoms with Crippen LogP contribution in [-0.4, -0.2) is 20.6 Å². The fraction of sp³-hybridized carbons (Fsp3) is 0.167. The van der Waals surface area contributed by atoms with Gasteiger partial charge < -0.3 is 15.4 Å². The fourth-order valence-electron chi connectivity index (χ4n) is 1.65. The summed E-state index contributed by atoms with van der Waals surface area (Å²) in [6.45, 7) is 1.49. The predicted molar refractivity (Wildman–Crippen MR) is 78.7 cm³/mol. The van der Waals surface area contributed by atoms with E-state index in [1.165, 1.54) is 16.8 Å². The average Bonchev–Trinajstić information content (AvgIpc) is 2.76. The summed E-state index contributed by atoms with van der Waals surface area (Å²) in [5.74, 6) is -0.677. The Balaban J connectivity index is 2.07. The number of anilines is 1. The molecule has 0 fully saturated rings. The lowest BCUT2D eigenvalue weighted by Crippen LogP contribution is -2.20. The average molecular weight is 329 g/mol. The molecule has 0 bridgehead atoms. The number of nitrogens with zero attached hydrogens (tertiary/aromatic N) is 3. The van der Waals surface area contributed by atoms with Crippen molar-refractivity contribution in [3.8, 4) is 0 Å². The summed E-state index contributed by atoms with van der Waals surface area (Å²) in [4.78, 5) is 21.9. The molecule has 0 radical (unpaired) electrons. The van der Waals surface area contributed by atoms with E-state index in [2.05, 4.69) is 10.4 Å². The highest BCUT2D eigenvalue weighted by Crippen LogP contribution is 2.25. The van der Waals surface area contributed by atoms with Crippen LogP contribution in [0.15, 0.2) is 24.3 Å². The predicted octanol–water partition coefficient (Wildman–Crippen LogP) is 3.05. The minimum absolute atomic E-state index is 0.139. The monoisotopic (exact) mass is 328 g/mol. The number of nitrogens with one attached hydrogen (secondary N) is 1. The molecule has 9 heteroatoms. The van der Waals surface area contributed by atoms with Crippen molar-refractivity contribution in [1.82, 2.24) is 9.78 Å². The maximum atomic E-state index is 11.9. The second kappa shape index (κ2) is 6.11. The molecular weight excluding hydrogens is 319 g/mol. The van der Waals surface area contributed by atoms with Crippen molar-refractivity contribution in [2.75, 3.05) is 5.32 Å². The molecule has 1 heterocycles. The Bertz CT molecular complexity index is 715. The zero-order valence-electron chi connectivity index (χ0n) is 10.8. The standard InChI is InChI=1S/C12H10Cl2N4O3/c1-7-4-11(18(20)21)16-17(7)6-12(19)15-8-2-3-9(13)10(14)5-8/h2-5H,6H2,1H3,(H,15,19). The maximum absolute atomic E-state index is 11.9. The molecular formula is C12H10Cl2N4O3. The Kier molecular flexibility index (Phi) is 4.44. The zero-order valence-corrected chi connectivity index (χ0v) is 12.4. The lowest BCUT2D eigenvalue weighted by Gasteiger charge is -2.05. The summed E-state index contributed by atoms with van der Waals surface area (Å²) in [6.07, 6.45) is 0. The summed E-state index contributed by atoms with van der Waals surface area (Å²) in [7, 11) is 0. The van der Waals surface area contributed by atoms with Crippen LogP contribution >= 0.6 is 23.2 Å². The minimum atomic E-state index is -0.611. The van der Waals surface area contributed by atoms with Gasteiger partial charge in [0.05, 0.1) is 26.9 Å². The summed E-state index contributed by atoms with van der Waals surface area (Å²) in [6, 6.07) is 5.97. The molecule has 0 aliphatic carbocycles. The SMILES string of the molecule is Cc1cc([N+](=O)[O-])nn1CC(=O)Nc1ccc(Cl)c(Cl)c1. The molecule has 0 aliphatic heterocycles. The minimum Gasteiger partial charge on any atom is -0.358 e. The van der Waals surface area contributed by atoms with Crippen molar-refractivity contribution < 1.29 is 9.72 Å². The number of hydrogen-bond acceptors (Lipinski definition) is 4. The number of carbonyl (C=O) groups is 1. The molecule has 0 atom stereocenters. The molecule has 1 aromatic carbocycles. The third kappa shape index (κ3) is 3.71. The molecule has 0 saturated carbocycles. The van der Waals surface area contributed by atoms with Gasteiger partial charge in [0.1, 0.15) is 6.54 Å². The highest BCUT2D eigenvalue weighted by atomic mass is 35.5. The van der Waals surface area contributed by atoms with Crippen LogP contribution in [0.4, 0.5) is 11.5 Å². The van der Waals surface area contributed by atoms with E-state index in [1.807, 2.05) is 0 Å². The summed E-state index contributed by atoms with van der Waals surface area (Å²) in [5.41, 5.74) is 1.000. The van der Waals surface area contributed by atoms with Gasteiger partial charge in [-0.15, -0.1) is 0 Å². The fourth-order valence-corrected chi connectivity index (χ4v) is 1.95. The topological polar surface area (TPSA) is 90.1 Å². The van der Waals surface area contributed by atoms with Gasteiger partial charge >= 0.3 is 5.82 Å². The van der Waals surface area contributed by atoms with Crippen molar-refractivity contribution in [3.63, 3.8) is 0 Å². The summed E-state index contributed by atoms with van der Waals surface area (Å²) in [5, 5.41) is 17.7. The molecule has 2 aromatic rings. The molecule has 110 valence electrons. The third-order valence-electron chi connectivity index (χ3n) is 2.65. The largest absolute Gasteiger partial charge is 0.390 e. The zero-order chi connectivity index (χ0) is 15.6. The van der Waals surface area contributed by atoms with E-state index < -0.39 is 4.92 Å². The Hall–Kier alpha value is -2.12. The van der Waals surface area contributed by atoms with E-state index in [4.69, 9.17) is 23.2 Å². The molecule has 21 heavy (non-hydrogen) atoms. The van der Waals surface area contributed by atoms with E-state index in [9.17, 15) is 14.9 Å². The smallest absolute Gasteiger partial charge is 0.358 e. The Morgan fingerprint density at radius 3 is 2.67 bits per heavy atom. The van der Waals surface area contributed by atoms with Crippen LogP contribution in [-0.2, 0) is 11.3 Å². The first-order valence-electron chi connectivity index (χ1n) is 5.80. The van der Waals surface area contributed by atoms with Crippen LogP contribution in [0.5, 0.6) is 0 Å². The number of aryl methyl sites for hydroxylation is 1. The number of nitro groups is 1. The van der Waals surface area contributed by atoms with Gasteiger partial charge in [0.2, 0.25) is 5.91 Å². The number of benzene rings is 1. The van der Waals surface area contributed by atoms with Crippen molar-refractivity contribution in [2.45, 2.75) is 13.5 Å². The molecule has 2 rings (SSSR count). The lowest BCUT2D eigenvalue weighted by atomic mass is 10.3. The van der Waals surface area contributed by atoms with Crippen LogP contribution in [0, 0.1) is 17.0 Å². The number of carbonyl (C=O) groups excluding carboxylic acids is 1. The molecule has 0 saturated heterocycles. The maximum Gasteiger partial charge on any atom is 0.390 e. The second-order valence-electron chi connectivity index (χ2n) is 4.24. The molecule has 1 N–H and O–H groups in total. The van der Waals surface area contributed by atoms with Gasteiger partial charge in [-0.3, -0.25) is 4.79 Å². The number of rotatable bonds is 4. The van der Waals surface area contributed by atoms with Crippen molar-refractivity contribution in [2.24, 2.45) is 0 Å². The Morgan fingerprint density at radius 1 is 1.38 bits per heavy atom. The lowest BCUT2D eigenvalue weighted by molar-refractivity contribution is -0.389. The van der Waals surface area contributed by atoms with Gasteiger partial charge in [0, 0.05) is 5.69 Å². The van der Waals surface area contributed by atoms with Crippen LogP contribution in [0.1, 0.15) is 5.69 Å². The summed E-state index contributed by atoms with van der Waals surface area (Å²) >= 11 is 11.6. The van der Waals surface area contributed by atoms with Gasteiger partial charge in [-0.05, 0) is 30.0 Å². The van der Waals surface area contributed by atoms with Gasteiger partial charge in [0.15, 0.2) is 0 Å². The van der Waals surface area contributed by atoms with Crippen molar-refractivity contribution in [1.29, 1.82) is 0 Å². The number of aromatic nitrogens is 2. The Morgan fingerprint density at radius 2 is 2.10 bits per heavy atom. The van der Waals surface area contributed by atoms with Gasteiger partial charge in [-0.25, -0.2) is 0 Å². The van der Waals surface area contributed by atoms with Crippen LogP contribution in [0.3, 0.4) is 0 Å². The molecule has 0 aliphatic rings. The van der Waals surface area contributed by atoms with Gasteiger partial charge in [0.25, 0.3) is 0 Å². The quantitative estimate of drug-likeness (QED) is 0.689. The first-order chi connectivity index (χ1) is 9.86. The van der Waals surface area contributed by atoms with Crippen LogP contribution in [0.25, 0.3) is 0 Å². The van der Waals surface area contributed by atoms with Crippen molar-refractivity contribution >= 4 is 40.6 Å². The van der Waals surface area contributed by atoms with Crippen LogP contribution in [0.2, 0.25) is 10.0 Å². The van der Waals surface area contributed by atoms with Gasteiger partial charge in [-0.2, -0.15) is 4.68 Å². The Labute approximate surface area is 129 Å². The second-order valence-corrected chi connectivity index (χ2v) is 5.05. The van der Waals surface area contributed by atoms with E-state index in [0.717, 1.165) is 0 Å².